The van der Waals surface area contributed by atoms with Crippen LogP contribution in [0.25, 0.3) is 11.3 Å². The van der Waals surface area contributed by atoms with Crippen LogP contribution in [0.2, 0.25) is 0 Å². The summed E-state index contributed by atoms with van der Waals surface area (Å²) in [7, 11) is 0. The van der Waals surface area contributed by atoms with Crippen molar-refractivity contribution in [1.29, 1.82) is 0 Å². The summed E-state index contributed by atoms with van der Waals surface area (Å²) in [6, 6.07) is 8.75. The van der Waals surface area contributed by atoms with E-state index in [0.29, 0.717) is 30.0 Å². The minimum absolute atomic E-state index is 0.00940. The molecule has 0 saturated carbocycles. The van der Waals surface area contributed by atoms with Crippen molar-refractivity contribution in [3.8, 4) is 11.3 Å². The lowest BCUT2D eigenvalue weighted by Gasteiger charge is -2.32. The molecule has 1 amide bonds. The van der Waals surface area contributed by atoms with Crippen LogP contribution < -0.4 is 0 Å². The molecule has 0 N–H and O–H groups in total. The maximum absolute atomic E-state index is 13.1. The highest BCUT2D eigenvalue weighted by Gasteiger charge is 2.31. The Bertz CT molecular complexity index is 1060. The van der Waals surface area contributed by atoms with Gasteiger partial charge < -0.3 is 4.90 Å². The van der Waals surface area contributed by atoms with E-state index in [9.17, 15) is 18.0 Å². The van der Waals surface area contributed by atoms with Gasteiger partial charge in [0.25, 0.3) is 0 Å². The molecule has 0 radical (unpaired) electrons. The summed E-state index contributed by atoms with van der Waals surface area (Å²) in [6.07, 6.45) is 4.00. The molecular weight excluding hydrogens is 405 g/mol. The Hall–Kier alpha value is -3.29. The highest BCUT2D eigenvalue weighted by Crippen LogP contribution is 2.32. The molecule has 1 aliphatic rings. The Morgan fingerprint density at radius 1 is 1.10 bits per heavy atom. The highest BCUT2D eigenvalue weighted by molar-refractivity contribution is 5.78. The molecule has 0 aliphatic carbocycles. The van der Waals surface area contributed by atoms with Crippen LogP contribution in [0.1, 0.15) is 35.6 Å². The van der Waals surface area contributed by atoms with Gasteiger partial charge in [0.1, 0.15) is 0 Å². The number of likely N-dealkylation sites (tertiary alicyclic amines) is 1. The van der Waals surface area contributed by atoms with Crippen molar-refractivity contribution in [2.75, 3.05) is 13.1 Å². The lowest BCUT2D eigenvalue weighted by atomic mass is 9.94. The smallest absolute Gasteiger partial charge is 0.342 e. The normalized spacial score (nSPS) is 16.9. The van der Waals surface area contributed by atoms with Gasteiger partial charge in [0.2, 0.25) is 5.91 Å². The Labute approximate surface area is 178 Å². The third kappa shape index (κ3) is 5.07. The molecule has 0 bridgehead atoms. The van der Waals surface area contributed by atoms with E-state index in [1.165, 1.54) is 12.3 Å². The van der Waals surface area contributed by atoms with Crippen LogP contribution in [0.5, 0.6) is 0 Å². The van der Waals surface area contributed by atoms with Crippen molar-refractivity contribution < 1.29 is 18.0 Å². The molecule has 1 atom stereocenters. The molecule has 0 spiro atoms. The van der Waals surface area contributed by atoms with Gasteiger partial charge in [-0.05, 0) is 36.6 Å². The molecule has 160 valence electrons. The molecule has 0 unspecified atom stereocenters. The fourth-order valence-electron chi connectivity index (χ4n) is 3.81. The summed E-state index contributed by atoms with van der Waals surface area (Å²) in [5, 5.41) is 0. The number of piperidine rings is 1. The fourth-order valence-corrected chi connectivity index (χ4v) is 3.81. The molecule has 31 heavy (non-hydrogen) atoms. The summed E-state index contributed by atoms with van der Waals surface area (Å²) in [6.45, 7) is 1.19. The molecular formula is C23H21F3N4O. The second-order valence-corrected chi connectivity index (χ2v) is 7.62. The molecule has 3 aromatic rings. The second-order valence-electron chi connectivity index (χ2n) is 7.62. The predicted molar refractivity (Wildman–Crippen MR) is 109 cm³/mol. The maximum atomic E-state index is 13.1. The third-order valence-electron chi connectivity index (χ3n) is 5.41. The average Bonchev–Trinajstić information content (AvgIpc) is 2.79. The van der Waals surface area contributed by atoms with Crippen molar-refractivity contribution in [2.24, 2.45) is 0 Å². The van der Waals surface area contributed by atoms with Gasteiger partial charge in [0, 0.05) is 43.2 Å². The molecule has 8 heteroatoms. The van der Waals surface area contributed by atoms with Crippen molar-refractivity contribution in [3.63, 3.8) is 0 Å². The standard InChI is InChI=1S/C23H21F3N4O/c24-23(25,26)19-7-1-5-17(11-19)20-13-28-14-21(29-20)18-6-3-9-30(15-18)22(31)10-16-4-2-8-27-12-16/h1-2,4-5,7-8,11-14,18H,3,6,9-10,15H2/t18-/m0/s1. The number of carbonyl (C=O) groups is 1. The minimum Gasteiger partial charge on any atom is -0.342 e. The first-order valence-electron chi connectivity index (χ1n) is 10.1. The van der Waals surface area contributed by atoms with E-state index in [4.69, 9.17) is 0 Å². The zero-order valence-corrected chi connectivity index (χ0v) is 16.7. The van der Waals surface area contributed by atoms with Gasteiger partial charge in [-0.1, -0.05) is 18.2 Å². The number of halogens is 3. The summed E-state index contributed by atoms with van der Waals surface area (Å²) in [5.74, 6) is 0.0181. The summed E-state index contributed by atoms with van der Waals surface area (Å²) < 4.78 is 39.2. The quantitative estimate of drug-likeness (QED) is 0.616. The number of amides is 1. The zero-order chi connectivity index (χ0) is 21.8. The topological polar surface area (TPSA) is 59.0 Å². The van der Waals surface area contributed by atoms with Gasteiger partial charge in [-0.15, -0.1) is 0 Å². The van der Waals surface area contributed by atoms with E-state index in [1.807, 2.05) is 11.0 Å². The van der Waals surface area contributed by atoms with Crippen LogP contribution in [0.15, 0.2) is 61.2 Å². The van der Waals surface area contributed by atoms with E-state index in [2.05, 4.69) is 15.0 Å². The van der Waals surface area contributed by atoms with E-state index in [0.717, 1.165) is 30.5 Å². The highest BCUT2D eigenvalue weighted by atomic mass is 19.4. The number of aromatic nitrogens is 3. The number of carbonyl (C=O) groups excluding carboxylic acids is 1. The van der Waals surface area contributed by atoms with E-state index in [-0.39, 0.29) is 18.2 Å². The van der Waals surface area contributed by atoms with E-state index >= 15 is 0 Å². The molecule has 4 rings (SSSR count). The Morgan fingerprint density at radius 2 is 1.97 bits per heavy atom. The summed E-state index contributed by atoms with van der Waals surface area (Å²) >= 11 is 0. The molecule has 1 fully saturated rings. The van der Waals surface area contributed by atoms with Gasteiger partial charge in [-0.3, -0.25) is 14.8 Å². The largest absolute Gasteiger partial charge is 0.416 e. The van der Waals surface area contributed by atoms with Crippen LogP contribution in [0, 0.1) is 0 Å². The van der Waals surface area contributed by atoms with E-state index in [1.54, 1.807) is 30.7 Å². The first-order chi connectivity index (χ1) is 14.9. The Morgan fingerprint density at radius 3 is 2.74 bits per heavy atom. The maximum Gasteiger partial charge on any atom is 0.416 e. The van der Waals surface area contributed by atoms with Crippen LogP contribution in [-0.4, -0.2) is 38.8 Å². The van der Waals surface area contributed by atoms with Crippen LogP contribution in [-0.2, 0) is 17.4 Å². The first-order valence-corrected chi connectivity index (χ1v) is 10.1. The number of rotatable bonds is 4. The van der Waals surface area contributed by atoms with Gasteiger partial charge in [-0.2, -0.15) is 13.2 Å². The minimum atomic E-state index is -4.42. The number of hydrogen-bond acceptors (Lipinski definition) is 4. The SMILES string of the molecule is O=C(Cc1cccnc1)N1CCC[C@H](c2cncc(-c3cccc(C(F)(F)F)c3)n2)C1. The Balaban J connectivity index is 1.50. The molecule has 3 heterocycles. The van der Waals surface area contributed by atoms with Gasteiger partial charge in [-0.25, -0.2) is 4.98 Å². The van der Waals surface area contributed by atoms with Crippen LogP contribution in [0.3, 0.4) is 0 Å². The fraction of sp³-hybridized carbons (Fsp3) is 0.304. The molecule has 1 aromatic carbocycles. The van der Waals surface area contributed by atoms with Crippen molar-refractivity contribution >= 4 is 5.91 Å². The molecule has 1 saturated heterocycles. The predicted octanol–water partition coefficient (Wildman–Crippen LogP) is 4.51. The number of nitrogens with zero attached hydrogens (tertiary/aromatic N) is 4. The first kappa shape index (κ1) is 21.0. The average molecular weight is 426 g/mol. The van der Waals surface area contributed by atoms with Crippen molar-refractivity contribution in [1.82, 2.24) is 19.9 Å². The van der Waals surface area contributed by atoms with Crippen LogP contribution in [0.4, 0.5) is 13.2 Å². The van der Waals surface area contributed by atoms with Crippen LogP contribution >= 0.6 is 0 Å². The van der Waals surface area contributed by atoms with Gasteiger partial charge in [0.15, 0.2) is 0 Å². The van der Waals surface area contributed by atoms with Crippen molar-refractivity contribution in [2.45, 2.75) is 31.4 Å². The third-order valence-corrected chi connectivity index (χ3v) is 5.41. The Kier molecular flexibility index (Phi) is 5.97. The van der Waals surface area contributed by atoms with E-state index < -0.39 is 11.7 Å². The number of benzene rings is 1. The van der Waals surface area contributed by atoms with Gasteiger partial charge >= 0.3 is 6.18 Å². The lowest BCUT2D eigenvalue weighted by Crippen LogP contribution is -2.40. The summed E-state index contributed by atoms with van der Waals surface area (Å²) in [5.41, 5.74) is 1.59. The van der Waals surface area contributed by atoms with Crippen molar-refractivity contribution in [3.05, 3.63) is 78.0 Å². The van der Waals surface area contributed by atoms with Gasteiger partial charge in [0.05, 0.1) is 29.6 Å². The summed E-state index contributed by atoms with van der Waals surface area (Å²) in [4.78, 5) is 27.4. The second kappa shape index (κ2) is 8.83. The molecule has 1 aliphatic heterocycles. The molecule has 5 nitrogen and oxygen atoms in total. The number of pyridine rings is 1. The lowest BCUT2D eigenvalue weighted by molar-refractivity contribution is -0.137. The number of hydrogen-bond donors (Lipinski definition) is 0. The zero-order valence-electron chi connectivity index (χ0n) is 16.7. The molecule has 2 aromatic heterocycles. The number of alkyl halides is 3. The monoisotopic (exact) mass is 426 g/mol.